The first-order valence-electron chi connectivity index (χ1n) is 8.06. The molecular weight excluding hydrogens is 407 g/mol. The van der Waals surface area contributed by atoms with E-state index in [2.05, 4.69) is 15.2 Å². The van der Waals surface area contributed by atoms with Gasteiger partial charge in [0.05, 0.1) is 6.26 Å². The van der Waals surface area contributed by atoms with Crippen molar-refractivity contribution in [2.75, 3.05) is 39.8 Å². The number of amides is 1. The Morgan fingerprint density at radius 3 is 2.52 bits per heavy atom. The smallest absolute Gasteiger partial charge is 0.289 e. The topological polar surface area (TPSA) is 61.1 Å². The van der Waals surface area contributed by atoms with Gasteiger partial charge in [0, 0.05) is 39.8 Å². The molecule has 1 aromatic rings. The summed E-state index contributed by atoms with van der Waals surface area (Å²) in [5.41, 5.74) is 0. The molecular formula is C16H25IN4O2. The highest BCUT2D eigenvalue weighted by Crippen LogP contribution is 2.25. The molecule has 1 saturated carbocycles. The first-order chi connectivity index (χ1) is 10.8. The maximum Gasteiger partial charge on any atom is 0.289 e. The maximum absolute atomic E-state index is 12.2. The van der Waals surface area contributed by atoms with Gasteiger partial charge in [-0.1, -0.05) is 6.42 Å². The largest absolute Gasteiger partial charge is 0.459 e. The average Bonchev–Trinajstić information content (AvgIpc) is 3.04. The lowest BCUT2D eigenvalue weighted by atomic mass is 9.85. The Morgan fingerprint density at radius 2 is 2.00 bits per heavy atom. The van der Waals surface area contributed by atoms with Gasteiger partial charge in [0.1, 0.15) is 0 Å². The van der Waals surface area contributed by atoms with Gasteiger partial charge >= 0.3 is 0 Å². The highest BCUT2D eigenvalue weighted by atomic mass is 127. The number of carbonyl (C=O) groups is 1. The Kier molecular flexibility index (Phi) is 6.73. The molecule has 1 saturated heterocycles. The zero-order valence-corrected chi connectivity index (χ0v) is 15.9. The van der Waals surface area contributed by atoms with E-state index in [1.54, 1.807) is 12.1 Å². The SMILES string of the molecule is CN=C(NCC1CCC1)N1CCN(C(=O)c2ccco2)CC1.I. The number of furan rings is 1. The zero-order valence-electron chi connectivity index (χ0n) is 13.5. The molecule has 2 heterocycles. The van der Waals surface area contributed by atoms with Gasteiger partial charge < -0.3 is 19.5 Å². The van der Waals surface area contributed by atoms with E-state index in [-0.39, 0.29) is 29.9 Å². The fourth-order valence-corrected chi connectivity index (χ4v) is 2.94. The van der Waals surface area contributed by atoms with Crippen LogP contribution in [0.5, 0.6) is 0 Å². The number of hydrogen-bond donors (Lipinski definition) is 1. The van der Waals surface area contributed by atoms with Crippen LogP contribution >= 0.6 is 24.0 Å². The molecule has 1 aliphatic heterocycles. The molecule has 3 rings (SSSR count). The van der Waals surface area contributed by atoms with Gasteiger partial charge in [0.2, 0.25) is 0 Å². The zero-order chi connectivity index (χ0) is 15.4. The van der Waals surface area contributed by atoms with Crippen LogP contribution in [0.25, 0.3) is 0 Å². The van der Waals surface area contributed by atoms with E-state index in [9.17, 15) is 4.79 Å². The van der Waals surface area contributed by atoms with E-state index in [0.29, 0.717) is 18.8 Å². The third-order valence-corrected chi connectivity index (χ3v) is 4.58. The van der Waals surface area contributed by atoms with Gasteiger partial charge in [0.25, 0.3) is 5.91 Å². The van der Waals surface area contributed by atoms with Crippen LogP contribution in [0.3, 0.4) is 0 Å². The molecule has 0 atom stereocenters. The van der Waals surface area contributed by atoms with Crippen molar-refractivity contribution in [3.63, 3.8) is 0 Å². The average molecular weight is 432 g/mol. The number of nitrogens with zero attached hydrogens (tertiary/aromatic N) is 3. The van der Waals surface area contributed by atoms with Crippen LogP contribution in [0.2, 0.25) is 0 Å². The molecule has 7 heteroatoms. The summed E-state index contributed by atoms with van der Waals surface area (Å²) in [6, 6.07) is 3.46. The predicted molar refractivity (Wildman–Crippen MR) is 100 cm³/mol. The Morgan fingerprint density at radius 1 is 1.30 bits per heavy atom. The number of hydrogen-bond acceptors (Lipinski definition) is 3. The summed E-state index contributed by atoms with van der Waals surface area (Å²) in [7, 11) is 1.82. The Balaban J connectivity index is 0.00000192. The molecule has 1 N–H and O–H groups in total. The Bertz CT molecular complexity index is 520. The number of guanidine groups is 1. The molecule has 0 aromatic carbocycles. The third kappa shape index (κ3) is 4.39. The molecule has 1 aromatic heterocycles. The Labute approximate surface area is 154 Å². The molecule has 6 nitrogen and oxygen atoms in total. The third-order valence-electron chi connectivity index (χ3n) is 4.58. The normalized spacial score (nSPS) is 19.1. The summed E-state index contributed by atoms with van der Waals surface area (Å²) in [5.74, 6) is 2.15. The van der Waals surface area contributed by atoms with Crippen LogP contribution in [0, 0.1) is 5.92 Å². The minimum absolute atomic E-state index is 0. The molecule has 1 aliphatic carbocycles. The first kappa shape index (κ1) is 18.1. The lowest BCUT2D eigenvalue weighted by Gasteiger charge is -2.37. The van der Waals surface area contributed by atoms with Crippen LogP contribution in [0.15, 0.2) is 27.8 Å². The van der Waals surface area contributed by atoms with E-state index in [1.165, 1.54) is 25.5 Å². The predicted octanol–water partition coefficient (Wildman–Crippen LogP) is 2.03. The first-order valence-corrected chi connectivity index (χ1v) is 8.06. The molecule has 0 spiro atoms. The standard InChI is InChI=1S/C16H24N4O2.HI/c1-17-16(18-12-13-4-2-5-13)20-9-7-19(8-10-20)15(21)14-6-3-11-22-14;/h3,6,11,13H,2,4-5,7-10,12H2,1H3,(H,17,18);1H. The molecule has 2 fully saturated rings. The molecule has 23 heavy (non-hydrogen) atoms. The Hall–Kier alpha value is -1.25. The van der Waals surface area contributed by atoms with Gasteiger partial charge in [-0.05, 0) is 30.9 Å². The van der Waals surface area contributed by atoms with Crippen molar-refractivity contribution in [3.8, 4) is 0 Å². The lowest BCUT2D eigenvalue weighted by Crippen LogP contribution is -2.54. The number of piperazine rings is 1. The van der Waals surface area contributed by atoms with Crippen LogP contribution in [0.1, 0.15) is 29.8 Å². The van der Waals surface area contributed by atoms with Crippen LogP contribution in [-0.2, 0) is 0 Å². The minimum Gasteiger partial charge on any atom is -0.459 e. The molecule has 0 unspecified atom stereocenters. The highest BCUT2D eigenvalue weighted by molar-refractivity contribution is 14.0. The van der Waals surface area contributed by atoms with Gasteiger partial charge in [-0.3, -0.25) is 9.79 Å². The number of aliphatic imine (C=N–C) groups is 1. The summed E-state index contributed by atoms with van der Waals surface area (Å²) < 4.78 is 5.19. The van der Waals surface area contributed by atoms with Gasteiger partial charge in [0.15, 0.2) is 11.7 Å². The molecule has 0 bridgehead atoms. The van der Waals surface area contributed by atoms with Crippen molar-refractivity contribution in [1.29, 1.82) is 0 Å². The van der Waals surface area contributed by atoms with Crippen LogP contribution in [-0.4, -0.2) is 61.4 Å². The molecule has 128 valence electrons. The second-order valence-electron chi connectivity index (χ2n) is 5.98. The number of halogens is 1. The summed E-state index contributed by atoms with van der Waals surface area (Å²) in [6.07, 6.45) is 5.55. The van der Waals surface area contributed by atoms with Gasteiger partial charge in [-0.2, -0.15) is 0 Å². The van der Waals surface area contributed by atoms with Gasteiger partial charge in [-0.25, -0.2) is 0 Å². The lowest BCUT2D eigenvalue weighted by molar-refractivity contribution is 0.0657. The van der Waals surface area contributed by atoms with E-state index in [0.717, 1.165) is 31.5 Å². The van der Waals surface area contributed by atoms with E-state index in [4.69, 9.17) is 4.42 Å². The molecule has 2 aliphatic rings. The van der Waals surface area contributed by atoms with E-state index >= 15 is 0 Å². The summed E-state index contributed by atoms with van der Waals surface area (Å²) in [5, 5.41) is 3.47. The quantitative estimate of drug-likeness (QED) is 0.451. The molecule has 1 amide bonds. The van der Waals surface area contributed by atoms with Crippen molar-refractivity contribution in [1.82, 2.24) is 15.1 Å². The monoisotopic (exact) mass is 432 g/mol. The highest BCUT2D eigenvalue weighted by Gasteiger charge is 2.25. The molecule has 0 radical (unpaired) electrons. The summed E-state index contributed by atoms with van der Waals surface area (Å²) >= 11 is 0. The van der Waals surface area contributed by atoms with Crippen molar-refractivity contribution in [3.05, 3.63) is 24.2 Å². The van der Waals surface area contributed by atoms with Crippen molar-refractivity contribution >= 4 is 35.8 Å². The second-order valence-corrected chi connectivity index (χ2v) is 5.98. The number of carbonyl (C=O) groups excluding carboxylic acids is 1. The minimum atomic E-state index is -0.0259. The van der Waals surface area contributed by atoms with Crippen molar-refractivity contribution < 1.29 is 9.21 Å². The maximum atomic E-state index is 12.2. The fraction of sp³-hybridized carbons (Fsp3) is 0.625. The number of rotatable bonds is 3. The van der Waals surface area contributed by atoms with Crippen molar-refractivity contribution in [2.45, 2.75) is 19.3 Å². The summed E-state index contributed by atoms with van der Waals surface area (Å²) in [4.78, 5) is 20.7. The van der Waals surface area contributed by atoms with Gasteiger partial charge in [-0.15, -0.1) is 24.0 Å². The number of nitrogens with one attached hydrogen (secondary N) is 1. The van der Waals surface area contributed by atoms with Crippen molar-refractivity contribution in [2.24, 2.45) is 10.9 Å². The summed E-state index contributed by atoms with van der Waals surface area (Å²) in [6.45, 7) is 4.01. The van der Waals surface area contributed by atoms with E-state index < -0.39 is 0 Å². The van der Waals surface area contributed by atoms with Crippen LogP contribution in [0.4, 0.5) is 0 Å². The van der Waals surface area contributed by atoms with Crippen LogP contribution < -0.4 is 5.32 Å². The second kappa shape index (κ2) is 8.56. The fourth-order valence-electron chi connectivity index (χ4n) is 2.94. The van der Waals surface area contributed by atoms with E-state index in [1.807, 2.05) is 11.9 Å².